The van der Waals surface area contributed by atoms with Crippen molar-refractivity contribution in [1.82, 2.24) is 4.90 Å². The molecule has 1 aliphatic heterocycles. The Kier molecular flexibility index (Phi) is 3.42. The van der Waals surface area contributed by atoms with Crippen LogP contribution in [0.1, 0.15) is 25.7 Å². The minimum Gasteiger partial charge on any atom is -0.380 e. The third kappa shape index (κ3) is 2.27. The number of piperidine rings is 1. The van der Waals surface area contributed by atoms with E-state index in [2.05, 4.69) is 4.90 Å². The lowest BCUT2D eigenvalue weighted by Gasteiger charge is -2.37. The molecule has 14 heavy (non-hydrogen) atoms. The van der Waals surface area contributed by atoms with Crippen molar-refractivity contribution in [1.29, 1.82) is 0 Å². The molecule has 2 unspecified atom stereocenters. The molecule has 3 heteroatoms. The van der Waals surface area contributed by atoms with Crippen molar-refractivity contribution in [3.05, 3.63) is 0 Å². The summed E-state index contributed by atoms with van der Waals surface area (Å²) in [5.74, 6) is 0.885. The van der Waals surface area contributed by atoms with Gasteiger partial charge in [0.05, 0.1) is 6.10 Å². The number of hydrogen-bond acceptors (Lipinski definition) is 3. The summed E-state index contributed by atoms with van der Waals surface area (Å²) >= 11 is 0. The Morgan fingerprint density at radius 1 is 1.43 bits per heavy atom. The molecule has 0 amide bonds. The molecule has 0 aromatic heterocycles. The number of likely N-dealkylation sites (tertiary alicyclic amines) is 1. The Morgan fingerprint density at radius 3 is 2.79 bits per heavy atom. The van der Waals surface area contributed by atoms with E-state index < -0.39 is 0 Å². The van der Waals surface area contributed by atoms with E-state index in [0.29, 0.717) is 12.1 Å². The molecule has 2 N–H and O–H groups in total. The van der Waals surface area contributed by atoms with Crippen LogP contribution in [0.2, 0.25) is 0 Å². The summed E-state index contributed by atoms with van der Waals surface area (Å²) in [6, 6.07) is 0.632. The third-order valence-corrected chi connectivity index (χ3v) is 3.62. The van der Waals surface area contributed by atoms with Gasteiger partial charge in [0.25, 0.3) is 0 Å². The van der Waals surface area contributed by atoms with Crippen molar-refractivity contribution in [2.45, 2.75) is 37.8 Å². The first-order chi connectivity index (χ1) is 6.85. The first kappa shape index (κ1) is 10.4. The van der Waals surface area contributed by atoms with Crippen LogP contribution in [-0.4, -0.2) is 43.8 Å². The summed E-state index contributed by atoms with van der Waals surface area (Å²) in [6.07, 6.45) is 5.69. The Bertz CT molecular complexity index is 182. The van der Waals surface area contributed by atoms with Crippen LogP contribution in [0.5, 0.6) is 0 Å². The predicted octanol–water partition coefficient (Wildman–Crippen LogP) is 0.834. The fraction of sp³-hybridized carbons (Fsp3) is 1.00. The number of rotatable bonds is 4. The Morgan fingerprint density at radius 2 is 2.21 bits per heavy atom. The zero-order valence-corrected chi connectivity index (χ0v) is 9.11. The van der Waals surface area contributed by atoms with Gasteiger partial charge >= 0.3 is 0 Å². The molecule has 82 valence electrons. The average molecular weight is 198 g/mol. The quantitative estimate of drug-likeness (QED) is 0.727. The minimum atomic E-state index is 0.441. The van der Waals surface area contributed by atoms with Crippen LogP contribution in [0.3, 0.4) is 0 Å². The minimum absolute atomic E-state index is 0.441. The van der Waals surface area contributed by atoms with Gasteiger partial charge in [-0.05, 0) is 38.1 Å². The topological polar surface area (TPSA) is 38.5 Å². The van der Waals surface area contributed by atoms with Crippen molar-refractivity contribution in [3.63, 3.8) is 0 Å². The van der Waals surface area contributed by atoms with Gasteiger partial charge in [0.15, 0.2) is 0 Å². The van der Waals surface area contributed by atoms with Gasteiger partial charge in [-0.3, -0.25) is 4.90 Å². The summed E-state index contributed by atoms with van der Waals surface area (Å²) in [5, 5.41) is 0. The molecule has 1 saturated carbocycles. The summed E-state index contributed by atoms with van der Waals surface area (Å²) in [5.41, 5.74) is 5.85. The van der Waals surface area contributed by atoms with Gasteiger partial charge < -0.3 is 10.5 Å². The second-order valence-corrected chi connectivity index (χ2v) is 4.64. The van der Waals surface area contributed by atoms with Crippen molar-refractivity contribution in [3.8, 4) is 0 Å². The van der Waals surface area contributed by atoms with Crippen LogP contribution in [0.15, 0.2) is 0 Å². The van der Waals surface area contributed by atoms with E-state index >= 15 is 0 Å². The van der Waals surface area contributed by atoms with Gasteiger partial charge in [0.2, 0.25) is 0 Å². The molecular formula is C11H22N2O. The Labute approximate surface area is 86.6 Å². The van der Waals surface area contributed by atoms with E-state index in [4.69, 9.17) is 10.5 Å². The van der Waals surface area contributed by atoms with E-state index in [1.54, 1.807) is 0 Å². The van der Waals surface area contributed by atoms with Crippen molar-refractivity contribution >= 4 is 0 Å². The molecule has 0 aromatic carbocycles. The second kappa shape index (κ2) is 4.60. The molecule has 0 aromatic rings. The lowest BCUT2D eigenvalue weighted by atomic mass is 10.0. The van der Waals surface area contributed by atoms with Gasteiger partial charge in [0.1, 0.15) is 0 Å². The SMILES string of the molecule is COC1CCCN(C(CN)C2CC2)C1. The van der Waals surface area contributed by atoms with E-state index in [9.17, 15) is 0 Å². The highest BCUT2D eigenvalue weighted by atomic mass is 16.5. The highest BCUT2D eigenvalue weighted by Crippen LogP contribution is 2.35. The number of methoxy groups -OCH3 is 1. The molecule has 2 rings (SSSR count). The summed E-state index contributed by atoms with van der Waals surface area (Å²) < 4.78 is 5.43. The maximum absolute atomic E-state index is 5.85. The summed E-state index contributed by atoms with van der Waals surface area (Å²) in [6.45, 7) is 3.13. The van der Waals surface area contributed by atoms with E-state index in [1.807, 2.05) is 7.11 Å². The van der Waals surface area contributed by atoms with Gasteiger partial charge in [-0.2, -0.15) is 0 Å². The van der Waals surface area contributed by atoms with Crippen LogP contribution in [0.4, 0.5) is 0 Å². The molecule has 2 fully saturated rings. The number of nitrogens with two attached hydrogens (primary N) is 1. The molecule has 0 bridgehead atoms. The fourth-order valence-corrected chi connectivity index (χ4v) is 2.58. The van der Waals surface area contributed by atoms with Gasteiger partial charge in [-0.15, -0.1) is 0 Å². The Balaban J connectivity index is 1.87. The van der Waals surface area contributed by atoms with E-state index in [1.165, 1.54) is 32.2 Å². The molecule has 0 spiro atoms. The Hall–Kier alpha value is -0.120. The van der Waals surface area contributed by atoms with Gasteiger partial charge in [-0.25, -0.2) is 0 Å². The highest BCUT2D eigenvalue weighted by Gasteiger charge is 2.36. The van der Waals surface area contributed by atoms with E-state index in [0.717, 1.165) is 19.0 Å². The number of ether oxygens (including phenoxy) is 1. The van der Waals surface area contributed by atoms with Crippen molar-refractivity contribution in [2.75, 3.05) is 26.7 Å². The highest BCUT2D eigenvalue weighted by molar-refractivity contribution is 4.91. The molecule has 2 atom stereocenters. The van der Waals surface area contributed by atoms with Gasteiger partial charge in [-0.1, -0.05) is 0 Å². The third-order valence-electron chi connectivity index (χ3n) is 3.62. The zero-order valence-electron chi connectivity index (χ0n) is 9.11. The number of nitrogens with zero attached hydrogens (tertiary/aromatic N) is 1. The lowest BCUT2D eigenvalue weighted by Crippen LogP contribution is -2.49. The zero-order chi connectivity index (χ0) is 9.97. The first-order valence-electron chi connectivity index (χ1n) is 5.82. The monoisotopic (exact) mass is 198 g/mol. The second-order valence-electron chi connectivity index (χ2n) is 4.64. The first-order valence-corrected chi connectivity index (χ1v) is 5.82. The standard InChI is InChI=1S/C11H22N2O/c1-14-10-3-2-6-13(8-10)11(7-12)9-4-5-9/h9-11H,2-8,12H2,1H3. The van der Waals surface area contributed by atoms with Crippen LogP contribution >= 0.6 is 0 Å². The molecule has 3 nitrogen and oxygen atoms in total. The molecule has 1 aliphatic carbocycles. The van der Waals surface area contributed by atoms with Gasteiger partial charge in [0, 0.05) is 26.2 Å². The predicted molar refractivity (Wildman–Crippen MR) is 57.2 cm³/mol. The maximum Gasteiger partial charge on any atom is 0.0698 e. The van der Waals surface area contributed by atoms with Crippen LogP contribution in [0.25, 0.3) is 0 Å². The molecular weight excluding hydrogens is 176 g/mol. The normalized spacial score (nSPS) is 31.7. The average Bonchev–Trinajstić information content (AvgIpc) is 3.04. The molecule has 1 saturated heterocycles. The molecule has 0 radical (unpaired) electrons. The maximum atomic E-state index is 5.85. The molecule has 1 heterocycles. The lowest BCUT2D eigenvalue weighted by molar-refractivity contribution is 0.0121. The van der Waals surface area contributed by atoms with Crippen LogP contribution in [-0.2, 0) is 4.74 Å². The summed E-state index contributed by atoms with van der Waals surface area (Å²) in [7, 11) is 1.82. The van der Waals surface area contributed by atoms with E-state index in [-0.39, 0.29) is 0 Å². The fourth-order valence-electron chi connectivity index (χ4n) is 2.58. The van der Waals surface area contributed by atoms with Crippen LogP contribution in [0, 0.1) is 5.92 Å². The van der Waals surface area contributed by atoms with Crippen LogP contribution < -0.4 is 5.73 Å². The van der Waals surface area contributed by atoms with Crippen molar-refractivity contribution < 1.29 is 4.74 Å². The largest absolute Gasteiger partial charge is 0.380 e. The summed E-state index contributed by atoms with van der Waals surface area (Å²) in [4.78, 5) is 2.55. The number of hydrogen-bond donors (Lipinski definition) is 1. The smallest absolute Gasteiger partial charge is 0.0698 e. The molecule has 2 aliphatic rings. The van der Waals surface area contributed by atoms with Crippen molar-refractivity contribution in [2.24, 2.45) is 11.7 Å².